The number of benzene rings is 1. The van der Waals surface area contributed by atoms with E-state index in [0.717, 1.165) is 48.9 Å². The molecular weight excluding hydrogens is 409 g/mol. The molecule has 1 aromatic heterocycles. The number of aryl methyl sites for hydroxylation is 1. The van der Waals surface area contributed by atoms with Gasteiger partial charge in [0.2, 0.25) is 5.91 Å². The Kier molecular flexibility index (Phi) is 5.30. The number of carbonyl (C=O) groups is 1. The minimum absolute atomic E-state index is 0.0854. The summed E-state index contributed by atoms with van der Waals surface area (Å²) in [5.74, 6) is 2.24. The van der Waals surface area contributed by atoms with Gasteiger partial charge in [-0.3, -0.25) is 4.79 Å². The topological polar surface area (TPSA) is 87.7 Å². The molecule has 5 rings (SSSR count). The smallest absolute Gasteiger partial charge is 0.225 e. The van der Waals surface area contributed by atoms with Crippen molar-refractivity contribution in [1.29, 1.82) is 0 Å². The van der Waals surface area contributed by atoms with Crippen molar-refractivity contribution in [3.8, 4) is 0 Å². The predicted octanol–water partition coefficient (Wildman–Crippen LogP) is 5.45. The molecule has 1 amide bonds. The first-order valence-corrected chi connectivity index (χ1v) is 11.6. The number of anilines is 1. The Labute approximate surface area is 187 Å². The second-order valence-electron chi connectivity index (χ2n) is 10.0. The van der Waals surface area contributed by atoms with Crippen molar-refractivity contribution >= 4 is 17.4 Å². The van der Waals surface area contributed by atoms with Gasteiger partial charge in [-0.1, -0.05) is 29.4 Å². The molecule has 2 aromatic rings. The van der Waals surface area contributed by atoms with Gasteiger partial charge in [0.05, 0.1) is 5.71 Å². The Bertz CT molecular complexity index is 1060. The van der Waals surface area contributed by atoms with Crippen LogP contribution in [0, 0.1) is 35.9 Å². The highest BCUT2D eigenvalue weighted by Gasteiger charge is 2.57. The van der Waals surface area contributed by atoms with Crippen LogP contribution < -0.4 is 5.32 Å². The van der Waals surface area contributed by atoms with Gasteiger partial charge < -0.3 is 15.0 Å². The van der Waals surface area contributed by atoms with Crippen molar-refractivity contribution in [2.45, 2.75) is 64.7 Å². The van der Waals surface area contributed by atoms with Crippen molar-refractivity contribution in [2.75, 3.05) is 5.32 Å². The fourth-order valence-corrected chi connectivity index (χ4v) is 7.02. The summed E-state index contributed by atoms with van der Waals surface area (Å²) in [6, 6.07) is 7.19. The van der Waals surface area contributed by atoms with Crippen LogP contribution in [0.1, 0.15) is 68.3 Å². The summed E-state index contributed by atoms with van der Waals surface area (Å²) >= 11 is 0. The predicted molar refractivity (Wildman–Crippen MR) is 118 cm³/mol. The van der Waals surface area contributed by atoms with Crippen LogP contribution >= 0.6 is 0 Å². The number of nitrogens with zero attached hydrogens (tertiary/aromatic N) is 2. The van der Waals surface area contributed by atoms with Crippen LogP contribution in [0.2, 0.25) is 0 Å². The Hall–Kier alpha value is -2.70. The molecule has 3 aliphatic rings. The third kappa shape index (κ3) is 3.42. The lowest BCUT2D eigenvalue weighted by Gasteiger charge is -2.50. The lowest BCUT2D eigenvalue weighted by molar-refractivity contribution is -0.116. The molecule has 6 nitrogen and oxygen atoms in total. The monoisotopic (exact) mass is 439 g/mol. The molecule has 0 radical (unpaired) electrons. The number of hydrogen-bond acceptors (Lipinski definition) is 5. The maximum Gasteiger partial charge on any atom is 0.225 e. The molecule has 1 aromatic carbocycles. The quantitative estimate of drug-likeness (QED) is 0.490. The van der Waals surface area contributed by atoms with Gasteiger partial charge in [0.15, 0.2) is 5.82 Å². The summed E-state index contributed by atoms with van der Waals surface area (Å²) in [7, 11) is 0. The molecule has 0 aliphatic heterocycles. The molecule has 5 atom stereocenters. The van der Waals surface area contributed by atoms with E-state index in [1.807, 2.05) is 6.07 Å². The lowest BCUT2D eigenvalue weighted by Crippen LogP contribution is -2.44. The van der Waals surface area contributed by atoms with E-state index < -0.39 is 0 Å². The summed E-state index contributed by atoms with van der Waals surface area (Å²) < 4.78 is 19.5. The molecule has 7 heteroatoms. The largest absolute Gasteiger partial charge is 0.411 e. The first-order valence-electron chi connectivity index (χ1n) is 11.6. The van der Waals surface area contributed by atoms with Crippen molar-refractivity contribution in [2.24, 2.45) is 28.3 Å². The number of aromatic nitrogens is 1. The van der Waals surface area contributed by atoms with E-state index in [1.165, 1.54) is 0 Å². The van der Waals surface area contributed by atoms with Crippen molar-refractivity contribution in [1.82, 2.24) is 5.16 Å². The number of carbonyl (C=O) groups excluding carboxylic acids is 1. The average molecular weight is 440 g/mol. The molecule has 2 saturated carbocycles. The third-order valence-electron chi connectivity index (χ3n) is 8.35. The van der Waals surface area contributed by atoms with Crippen LogP contribution in [0.3, 0.4) is 0 Å². The molecular formula is C25H30FN3O3. The fourth-order valence-electron chi connectivity index (χ4n) is 7.02. The molecule has 2 N–H and O–H groups in total. The fraction of sp³-hybridized carbons (Fsp3) is 0.560. The maximum atomic E-state index is 14.4. The number of rotatable bonds is 4. The molecule has 3 aliphatic carbocycles. The van der Waals surface area contributed by atoms with Crippen LogP contribution in [0.15, 0.2) is 33.9 Å². The van der Waals surface area contributed by atoms with Gasteiger partial charge in [-0.15, -0.1) is 0 Å². The number of amides is 1. The zero-order valence-corrected chi connectivity index (χ0v) is 18.6. The first kappa shape index (κ1) is 21.2. The standard InChI is InChI=1S/C25H30FN3O3/c1-14-12-22(29-32-14)27-23(30)9-6-15-13-21(28-31)25(2)11-10-17-16-4-3-5-20(26)18(16)7-8-19(17)24(15)25/h3-5,12,15,17,19,24,31H,6-11,13H2,1-2H3,(H,27,29,30)/b28-21+/t15-,17?,19?,24?,25-/m1/s1. The Balaban J connectivity index is 1.36. The number of halogens is 1. The van der Waals surface area contributed by atoms with E-state index >= 15 is 0 Å². The van der Waals surface area contributed by atoms with E-state index in [1.54, 1.807) is 19.1 Å². The van der Waals surface area contributed by atoms with Crippen LogP contribution in [0.4, 0.5) is 10.2 Å². The van der Waals surface area contributed by atoms with E-state index in [0.29, 0.717) is 42.2 Å². The van der Waals surface area contributed by atoms with Crippen molar-refractivity contribution < 1.29 is 18.9 Å². The third-order valence-corrected chi connectivity index (χ3v) is 8.35. The molecule has 3 unspecified atom stereocenters. The van der Waals surface area contributed by atoms with E-state index in [2.05, 4.69) is 28.6 Å². The molecule has 0 saturated heterocycles. The van der Waals surface area contributed by atoms with Crippen LogP contribution in [0.25, 0.3) is 0 Å². The molecule has 170 valence electrons. The highest BCUT2D eigenvalue weighted by molar-refractivity contribution is 5.93. The van der Waals surface area contributed by atoms with Gasteiger partial charge in [0.1, 0.15) is 11.6 Å². The molecule has 32 heavy (non-hydrogen) atoms. The van der Waals surface area contributed by atoms with Gasteiger partial charge in [-0.25, -0.2) is 4.39 Å². The maximum absolute atomic E-state index is 14.4. The summed E-state index contributed by atoms with van der Waals surface area (Å²) in [6.45, 7) is 4.01. The SMILES string of the molecule is Cc1cc(NC(=O)CC[C@@H]2C/C(=N\O)[C@@]3(C)CCC4c5cccc(F)c5CCC4C23)no1. The molecule has 0 spiro atoms. The minimum Gasteiger partial charge on any atom is -0.411 e. The number of hydrogen-bond donors (Lipinski definition) is 2. The molecule has 0 bridgehead atoms. The summed E-state index contributed by atoms with van der Waals surface area (Å²) in [5.41, 5.74) is 2.75. The van der Waals surface area contributed by atoms with Crippen molar-refractivity contribution in [3.05, 3.63) is 47.0 Å². The van der Waals surface area contributed by atoms with Crippen LogP contribution in [0.5, 0.6) is 0 Å². The highest BCUT2D eigenvalue weighted by atomic mass is 19.1. The second-order valence-corrected chi connectivity index (χ2v) is 10.0. The summed E-state index contributed by atoms with van der Waals surface area (Å²) in [5, 5.41) is 20.1. The summed E-state index contributed by atoms with van der Waals surface area (Å²) in [4.78, 5) is 12.5. The van der Waals surface area contributed by atoms with Gasteiger partial charge >= 0.3 is 0 Å². The lowest BCUT2D eigenvalue weighted by atomic mass is 9.54. The Morgan fingerprint density at radius 3 is 3.00 bits per heavy atom. The summed E-state index contributed by atoms with van der Waals surface area (Å²) in [6.07, 6.45) is 5.42. The number of oxime groups is 1. The van der Waals surface area contributed by atoms with E-state index in [9.17, 15) is 14.4 Å². The van der Waals surface area contributed by atoms with Crippen LogP contribution in [-0.2, 0) is 11.2 Å². The van der Waals surface area contributed by atoms with Gasteiger partial charge in [-0.2, -0.15) is 0 Å². The second kappa shape index (κ2) is 8.01. The van der Waals surface area contributed by atoms with E-state index in [4.69, 9.17) is 4.52 Å². The van der Waals surface area contributed by atoms with E-state index in [-0.39, 0.29) is 23.1 Å². The number of fused-ring (bicyclic) bond motifs is 5. The van der Waals surface area contributed by atoms with Crippen molar-refractivity contribution in [3.63, 3.8) is 0 Å². The van der Waals surface area contributed by atoms with Gasteiger partial charge in [0, 0.05) is 17.9 Å². The van der Waals surface area contributed by atoms with Crippen LogP contribution in [-0.4, -0.2) is 22.0 Å². The van der Waals surface area contributed by atoms with Gasteiger partial charge in [-0.05, 0) is 86.3 Å². The average Bonchev–Trinajstić information content (AvgIpc) is 3.31. The molecule has 2 fully saturated rings. The zero-order valence-electron chi connectivity index (χ0n) is 18.6. The zero-order chi connectivity index (χ0) is 22.5. The minimum atomic E-state index is -0.162. The Morgan fingerprint density at radius 2 is 2.25 bits per heavy atom. The first-order chi connectivity index (χ1) is 15.4. The highest BCUT2D eigenvalue weighted by Crippen LogP contribution is 2.62. The van der Waals surface area contributed by atoms with Gasteiger partial charge in [0.25, 0.3) is 0 Å². The number of nitrogens with one attached hydrogen (secondary N) is 1. The Morgan fingerprint density at radius 1 is 1.41 bits per heavy atom. The normalized spacial score (nSPS) is 32.3. The molecule has 1 heterocycles.